The van der Waals surface area contributed by atoms with Crippen LogP contribution >= 0.6 is 0 Å². The third-order valence-corrected chi connectivity index (χ3v) is 3.65. The smallest absolute Gasteiger partial charge is 0.241 e. The maximum absolute atomic E-state index is 11.9. The predicted molar refractivity (Wildman–Crippen MR) is 37.2 cm³/mol. The van der Waals surface area contributed by atoms with Crippen LogP contribution in [0.5, 0.6) is 0 Å². The molecule has 1 nitrogen and oxygen atoms in total. The topological polar surface area (TPSA) is 3.24 Å². The molecule has 5 heteroatoms. The molecule has 0 aliphatic rings. The minimum atomic E-state index is -4.16. The molecule has 0 aromatic rings. The zero-order valence-corrected chi connectivity index (χ0v) is 7.58. The third kappa shape index (κ3) is 2.70. The number of hydrogen-bond donors (Lipinski definition) is 0. The van der Waals surface area contributed by atoms with Gasteiger partial charge in [0.05, 0.1) is 0 Å². The molecule has 0 atom stereocenters. The fourth-order valence-electron chi connectivity index (χ4n) is 0.380. The first kappa shape index (κ1) is 9.97. The average molecular weight is 171 g/mol. The third-order valence-electron chi connectivity index (χ3n) is 1.39. The number of nitrogens with zero attached hydrogens (tertiary/aromatic N) is 1. The van der Waals surface area contributed by atoms with Gasteiger partial charge >= 0.3 is 6.30 Å². The molecule has 0 bridgehead atoms. The summed E-state index contributed by atoms with van der Waals surface area (Å²) in [5.74, 6) is 0. The second-order valence-corrected chi connectivity index (χ2v) is 8.21. The van der Waals surface area contributed by atoms with Gasteiger partial charge in [0, 0.05) is 0 Å². The Balaban J connectivity index is 4.23. The molecule has 0 aliphatic heterocycles. The summed E-state index contributed by atoms with van der Waals surface area (Å²) in [5.41, 5.74) is 0. The lowest BCUT2D eigenvalue weighted by molar-refractivity contribution is -0.208. The molecule has 0 rings (SSSR count). The van der Waals surface area contributed by atoms with Crippen molar-refractivity contribution in [2.75, 3.05) is 7.05 Å². The Morgan fingerprint density at radius 2 is 1.40 bits per heavy atom. The van der Waals surface area contributed by atoms with Crippen molar-refractivity contribution in [2.45, 2.75) is 25.9 Å². The lowest BCUT2D eigenvalue weighted by atomic mass is 11.1. The molecule has 0 spiro atoms. The highest BCUT2D eigenvalue weighted by Crippen LogP contribution is 2.24. The van der Waals surface area contributed by atoms with Crippen LogP contribution in [-0.4, -0.2) is 26.1 Å². The van der Waals surface area contributed by atoms with E-state index in [1.165, 1.54) is 0 Å². The van der Waals surface area contributed by atoms with Gasteiger partial charge in [-0.3, -0.25) is 0 Å². The Kier molecular flexibility index (Phi) is 2.53. The van der Waals surface area contributed by atoms with Crippen molar-refractivity contribution in [1.82, 2.24) is 4.57 Å². The van der Waals surface area contributed by atoms with Gasteiger partial charge in [-0.1, -0.05) is 19.6 Å². The number of hydrogen-bond acceptors (Lipinski definition) is 1. The molecular weight excluding hydrogens is 159 g/mol. The number of alkyl halides is 3. The zero-order chi connectivity index (χ0) is 8.58. The van der Waals surface area contributed by atoms with Crippen LogP contribution in [0.1, 0.15) is 0 Å². The van der Waals surface area contributed by atoms with Gasteiger partial charge < -0.3 is 0 Å². The number of rotatable bonds is 1. The summed E-state index contributed by atoms with van der Waals surface area (Å²) in [6.07, 6.45) is -4.16. The average Bonchev–Trinajstić information content (AvgIpc) is 1.59. The predicted octanol–water partition coefficient (Wildman–Crippen LogP) is 2.27. The maximum atomic E-state index is 11.9. The van der Waals surface area contributed by atoms with Crippen molar-refractivity contribution in [3.8, 4) is 0 Å². The van der Waals surface area contributed by atoms with E-state index in [1.807, 2.05) is 0 Å². The molecule has 0 aliphatic carbocycles. The van der Waals surface area contributed by atoms with E-state index in [1.54, 1.807) is 19.6 Å². The van der Waals surface area contributed by atoms with Crippen molar-refractivity contribution >= 4 is 8.24 Å². The molecule has 0 aromatic heterocycles. The Morgan fingerprint density at radius 1 is 1.10 bits per heavy atom. The normalized spacial score (nSPS) is 14.4. The molecule has 0 unspecified atom stereocenters. The van der Waals surface area contributed by atoms with E-state index in [-0.39, 0.29) is 0 Å². The van der Waals surface area contributed by atoms with Gasteiger partial charge in [0.1, 0.15) is 8.24 Å². The van der Waals surface area contributed by atoms with Crippen LogP contribution in [0, 0.1) is 0 Å². The van der Waals surface area contributed by atoms with Crippen molar-refractivity contribution < 1.29 is 13.2 Å². The van der Waals surface area contributed by atoms with E-state index in [2.05, 4.69) is 0 Å². The van der Waals surface area contributed by atoms with E-state index in [0.29, 0.717) is 4.57 Å². The lowest BCUT2D eigenvalue weighted by Crippen LogP contribution is -2.51. The van der Waals surface area contributed by atoms with Crippen molar-refractivity contribution in [3.05, 3.63) is 0 Å². The first-order chi connectivity index (χ1) is 4.15. The Labute approximate surface area is 59.9 Å². The minimum absolute atomic E-state index is 0.514. The summed E-state index contributed by atoms with van der Waals surface area (Å²) >= 11 is 0. The molecule has 0 radical (unpaired) electrons. The van der Waals surface area contributed by atoms with Gasteiger partial charge in [-0.15, -0.1) is 0 Å². The van der Waals surface area contributed by atoms with Gasteiger partial charge in [0.15, 0.2) is 0 Å². The maximum Gasteiger partial charge on any atom is 0.453 e. The molecule has 10 heavy (non-hydrogen) atoms. The van der Waals surface area contributed by atoms with Crippen LogP contribution in [0.4, 0.5) is 13.2 Å². The Morgan fingerprint density at radius 3 is 1.40 bits per heavy atom. The molecule has 0 amide bonds. The van der Waals surface area contributed by atoms with E-state index in [4.69, 9.17) is 0 Å². The largest absolute Gasteiger partial charge is 0.453 e. The fourth-order valence-corrected chi connectivity index (χ4v) is 1.14. The van der Waals surface area contributed by atoms with Crippen LogP contribution in [0.3, 0.4) is 0 Å². The molecule has 62 valence electrons. The fraction of sp³-hybridized carbons (Fsp3) is 1.00. The Bertz CT molecular complexity index is 101. The summed E-state index contributed by atoms with van der Waals surface area (Å²) in [5, 5.41) is 0. The quantitative estimate of drug-likeness (QED) is 0.432. The van der Waals surface area contributed by atoms with E-state index >= 15 is 0 Å². The molecule has 0 saturated carbocycles. The summed E-state index contributed by atoms with van der Waals surface area (Å²) in [6, 6.07) is 0. The highest BCUT2D eigenvalue weighted by molar-refractivity contribution is 6.73. The van der Waals surface area contributed by atoms with Crippen LogP contribution in [0.15, 0.2) is 0 Å². The second kappa shape index (κ2) is 2.54. The van der Waals surface area contributed by atoms with E-state index in [0.717, 1.165) is 7.05 Å². The van der Waals surface area contributed by atoms with Gasteiger partial charge in [0.2, 0.25) is 0 Å². The zero-order valence-electron chi connectivity index (χ0n) is 6.58. The van der Waals surface area contributed by atoms with Crippen LogP contribution in [0.2, 0.25) is 19.6 Å². The van der Waals surface area contributed by atoms with Gasteiger partial charge in [-0.05, 0) is 7.05 Å². The monoisotopic (exact) mass is 171 g/mol. The SMILES string of the molecule is CN(C(F)(F)F)[Si](C)(C)C. The standard InChI is InChI=1S/C5H12F3NSi/c1-9(5(6,7)8)10(2,3)4/h1-4H3. The van der Waals surface area contributed by atoms with Crippen LogP contribution in [0.25, 0.3) is 0 Å². The van der Waals surface area contributed by atoms with E-state index in [9.17, 15) is 13.2 Å². The van der Waals surface area contributed by atoms with E-state index < -0.39 is 14.5 Å². The second-order valence-electron chi connectivity index (χ2n) is 3.20. The van der Waals surface area contributed by atoms with Crippen molar-refractivity contribution in [2.24, 2.45) is 0 Å². The number of halogens is 3. The highest BCUT2D eigenvalue weighted by atomic mass is 28.3. The summed E-state index contributed by atoms with van der Waals surface area (Å²) in [4.78, 5) is 0. The van der Waals surface area contributed by atoms with Crippen LogP contribution in [-0.2, 0) is 0 Å². The minimum Gasteiger partial charge on any atom is -0.241 e. The molecule has 0 N–H and O–H groups in total. The molecule has 0 fully saturated rings. The highest BCUT2D eigenvalue weighted by Gasteiger charge is 2.41. The van der Waals surface area contributed by atoms with Crippen molar-refractivity contribution in [1.29, 1.82) is 0 Å². The van der Waals surface area contributed by atoms with Gasteiger partial charge in [0.25, 0.3) is 0 Å². The molecule has 0 saturated heterocycles. The summed E-state index contributed by atoms with van der Waals surface area (Å²) in [7, 11) is -1.08. The summed E-state index contributed by atoms with van der Waals surface area (Å²) in [6.45, 7) is 4.96. The van der Waals surface area contributed by atoms with Gasteiger partial charge in [-0.25, -0.2) is 4.57 Å². The van der Waals surface area contributed by atoms with Crippen LogP contribution < -0.4 is 0 Å². The van der Waals surface area contributed by atoms with Gasteiger partial charge in [-0.2, -0.15) is 13.2 Å². The first-order valence-electron chi connectivity index (χ1n) is 2.96. The van der Waals surface area contributed by atoms with Crippen molar-refractivity contribution in [3.63, 3.8) is 0 Å². The Hall–Kier alpha value is -0.0331. The molecule has 0 heterocycles. The summed E-state index contributed by atoms with van der Waals surface area (Å²) < 4.78 is 36.2. The lowest BCUT2D eigenvalue weighted by Gasteiger charge is -2.31. The molecule has 0 aromatic carbocycles. The first-order valence-corrected chi connectivity index (χ1v) is 6.41. The molecular formula is C5H12F3NSi.